The summed E-state index contributed by atoms with van der Waals surface area (Å²) in [6, 6.07) is 12.1. The molecule has 2 aromatic rings. The fourth-order valence-corrected chi connectivity index (χ4v) is 4.24. The van der Waals surface area contributed by atoms with Gasteiger partial charge in [-0.1, -0.05) is 49.2 Å². The van der Waals surface area contributed by atoms with E-state index in [2.05, 4.69) is 0 Å². The maximum atomic E-state index is 12.4. The second-order valence-electron chi connectivity index (χ2n) is 6.34. The molecule has 0 radical (unpaired) electrons. The lowest BCUT2D eigenvalue weighted by molar-refractivity contribution is -0.0194. The SMILES string of the molecule is Cc1ccc(S(=O)(=O)OC(OS(=O)(=O)c2ccc(C)cc2)C(C)C)cc1. The Balaban J connectivity index is 2.26. The maximum Gasteiger partial charge on any atom is 0.299 e. The summed E-state index contributed by atoms with van der Waals surface area (Å²) in [6.45, 7) is 6.87. The summed E-state index contributed by atoms with van der Waals surface area (Å²) in [5.41, 5.74) is 1.78. The molecule has 26 heavy (non-hydrogen) atoms. The molecule has 0 unspecified atom stereocenters. The second-order valence-corrected chi connectivity index (χ2v) is 9.48. The van der Waals surface area contributed by atoms with Crippen LogP contribution in [0.5, 0.6) is 0 Å². The van der Waals surface area contributed by atoms with Crippen LogP contribution in [0, 0.1) is 19.8 Å². The summed E-state index contributed by atoms with van der Waals surface area (Å²) < 4.78 is 59.9. The molecule has 142 valence electrons. The molecule has 6 nitrogen and oxygen atoms in total. The summed E-state index contributed by atoms with van der Waals surface area (Å²) >= 11 is 0. The van der Waals surface area contributed by atoms with Gasteiger partial charge in [-0.15, -0.1) is 0 Å². The first-order chi connectivity index (χ1) is 12.0. The van der Waals surface area contributed by atoms with Crippen molar-refractivity contribution in [2.75, 3.05) is 0 Å². The van der Waals surface area contributed by atoms with Crippen molar-refractivity contribution in [3.05, 3.63) is 59.7 Å². The third kappa shape index (κ3) is 5.14. The Labute approximate surface area is 155 Å². The van der Waals surface area contributed by atoms with E-state index in [0.717, 1.165) is 11.1 Å². The van der Waals surface area contributed by atoms with Crippen LogP contribution in [0.2, 0.25) is 0 Å². The summed E-state index contributed by atoms with van der Waals surface area (Å²) in [5.74, 6) is -0.518. The van der Waals surface area contributed by atoms with Crippen LogP contribution in [0.25, 0.3) is 0 Å². The lowest BCUT2D eigenvalue weighted by Gasteiger charge is -2.21. The monoisotopic (exact) mass is 398 g/mol. The molecular formula is C18H22O6S2. The van der Waals surface area contributed by atoms with Gasteiger partial charge in [0.2, 0.25) is 0 Å². The van der Waals surface area contributed by atoms with E-state index in [-0.39, 0.29) is 9.79 Å². The topological polar surface area (TPSA) is 86.7 Å². The summed E-state index contributed by atoms with van der Waals surface area (Å²) in [5, 5.41) is 0. The largest absolute Gasteiger partial charge is 0.299 e. The standard InChI is InChI=1S/C18H22O6S2/c1-13(2)18(23-25(19,20)16-9-5-14(3)6-10-16)24-26(21,22)17-11-7-15(4)8-12-17/h5-13,18H,1-4H3. The first-order valence-electron chi connectivity index (χ1n) is 8.01. The highest BCUT2D eigenvalue weighted by atomic mass is 32.2. The van der Waals surface area contributed by atoms with Crippen molar-refractivity contribution >= 4 is 20.2 Å². The van der Waals surface area contributed by atoms with Crippen molar-refractivity contribution in [2.45, 2.75) is 43.8 Å². The van der Waals surface area contributed by atoms with E-state index in [9.17, 15) is 16.8 Å². The van der Waals surface area contributed by atoms with Crippen LogP contribution in [0.15, 0.2) is 58.3 Å². The molecule has 0 amide bonds. The van der Waals surface area contributed by atoms with Crippen molar-refractivity contribution in [3.63, 3.8) is 0 Å². The molecule has 0 atom stereocenters. The van der Waals surface area contributed by atoms with Gasteiger partial charge in [0.1, 0.15) is 0 Å². The zero-order valence-electron chi connectivity index (χ0n) is 15.0. The van der Waals surface area contributed by atoms with Gasteiger partial charge in [-0.25, -0.2) is 8.37 Å². The molecule has 0 saturated heterocycles. The van der Waals surface area contributed by atoms with Crippen LogP contribution in [0.1, 0.15) is 25.0 Å². The molecular weight excluding hydrogens is 376 g/mol. The Bertz CT molecular complexity index is 866. The highest BCUT2D eigenvalue weighted by Crippen LogP contribution is 2.23. The molecule has 0 saturated carbocycles. The van der Waals surface area contributed by atoms with E-state index in [1.165, 1.54) is 24.3 Å². The third-order valence-corrected chi connectivity index (χ3v) is 6.19. The Hall–Kier alpha value is -1.74. The van der Waals surface area contributed by atoms with Crippen molar-refractivity contribution in [1.82, 2.24) is 0 Å². The molecule has 0 aliphatic heterocycles. The lowest BCUT2D eigenvalue weighted by atomic mass is 10.2. The molecule has 2 rings (SSSR count). The molecule has 0 aliphatic carbocycles. The Morgan fingerprint density at radius 3 is 1.23 bits per heavy atom. The minimum absolute atomic E-state index is 0.0647. The summed E-state index contributed by atoms with van der Waals surface area (Å²) in [7, 11) is -8.34. The van der Waals surface area contributed by atoms with Gasteiger partial charge in [0, 0.05) is 5.92 Å². The molecule has 8 heteroatoms. The Morgan fingerprint density at radius 2 is 0.962 bits per heavy atom. The van der Waals surface area contributed by atoms with Crippen LogP contribution in [-0.4, -0.2) is 23.1 Å². The average molecular weight is 399 g/mol. The molecule has 2 aromatic carbocycles. The van der Waals surface area contributed by atoms with Crippen molar-refractivity contribution in [1.29, 1.82) is 0 Å². The molecule has 0 heterocycles. The molecule has 0 aromatic heterocycles. The first-order valence-corrected chi connectivity index (χ1v) is 10.8. The number of hydrogen-bond donors (Lipinski definition) is 0. The third-order valence-electron chi connectivity index (χ3n) is 3.61. The van der Waals surface area contributed by atoms with Crippen LogP contribution in [-0.2, 0) is 28.6 Å². The normalized spacial score (nSPS) is 12.7. The van der Waals surface area contributed by atoms with Crippen molar-refractivity contribution in [2.24, 2.45) is 5.92 Å². The Kier molecular flexibility index (Phi) is 6.23. The molecule has 0 fully saturated rings. The van der Waals surface area contributed by atoms with E-state index in [0.29, 0.717) is 0 Å². The first kappa shape index (κ1) is 20.6. The van der Waals surface area contributed by atoms with Crippen LogP contribution >= 0.6 is 0 Å². The van der Waals surface area contributed by atoms with Gasteiger partial charge in [-0.05, 0) is 38.1 Å². The predicted molar refractivity (Wildman–Crippen MR) is 97.5 cm³/mol. The number of rotatable bonds is 7. The van der Waals surface area contributed by atoms with Crippen LogP contribution < -0.4 is 0 Å². The minimum atomic E-state index is -4.17. The van der Waals surface area contributed by atoms with Gasteiger partial charge in [0.15, 0.2) is 6.29 Å². The fourth-order valence-electron chi connectivity index (χ4n) is 2.01. The Morgan fingerprint density at radius 1 is 0.654 bits per heavy atom. The fraction of sp³-hybridized carbons (Fsp3) is 0.333. The smallest absolute Gasteiger partial charge is 0.233 e. The number of aryl methyl sites for hydroxylation is 2. The van der Waals surface area contributed by atoms with Crippen LogP contribution in [0.3, 0.4) is 0 Å². The molecule has 0 bridgehead atoms. The van der Waals surface area contributed by atoms with E-state index >= 15 is 0 Å². The maximum absolute atomic E-state index is 12.4. The number of hydrogen-bond acceptors (Lipinski definition) is 6. The highest BCUT2D eigenvalue weighted by Gasteiger charge is 2.30. The van der Waals surface area contributed by atoms with Gasteiger partial charge < -0.3 is 0 Å². The lowest BCUT2D eigenvalue weighted by Crippen LogP contribution is -2.29. The highest BCUT2D eigenvalue weighted by molar-refractivity contribution is 7.87. The molecule has 0 aliphatic rings. The van der Waals surface area contributed by atoms with Crippen LogP contribution in [0.4, 0.5) is 0 Å². The average Bonchev–Trinajstić information content (AvgIpc) is 2.54. The summed E-state index contributed by atoms with van der Waals surface area (Å²) in [4.78, 5) is -0.129. The zero-order valence-corrected chi connectivity index (χ0v) is 16.7. The van der Waals surface area contributed by atoms with Crippen molar-refractivity contribution < 1.29 is 25.2 Å². The van der Waals surface area contributed by atoms with E-state index in [1.807, 2.05) is 13.8 Å². The molecule has 0 N–H and O–H groups in total. The van der Waals surface area contributed by atoms with E-state index < -0.39 is 32.4 Å². The van der Waals surface area contributed by atoms with Gasteiger partial charge in [-0.3, -0.25) is 0 Å². The van der Waals surface area contributed by atoms with Gasteiger partial charge in [0.25, 0.3) is 20.2 Å². The summed E-state index contributed by atoms with van der Waals surface area (Å²) in [6.07, 6.45) is -1.48. The van der Waals surface area contributed by atoms with Gasteiger partial charge in [-0.2, -0.15) is 16.8 Å². The molecule has 0 spiro atoms. The van der Waals surface area contributed by atoms with Gasteiger partial charge in [0.05, 0.1) is 9.79 Å². The predicted octanol–water partition coefficient (Wildman–Crippen LogP) is 3.40. The quantitative estimate of drug-likeness (QED) is 0.525. The van der Waals surface area contributed by atoms with E-state index in [1.54, 1.807) is 38.1 Å². The van der Waals surface area contributed by atoms with E-state index in [4.69, 9.17) is 8.37 Å². The van der Waals surface area contributed by atoms with Crippen molar-refractivity contribution in [3.8, 4) is 0 Å². The van der Waals surface area contributed by atoms with Gasteiger partial charge >= 0.3 is 0 Å². The number of benzene rings is 2. The zero-order chi connectivity index (χ0) is 19.5. The second kappa shape index (κ2) is 7.87. The minimum Gasteiger partial charge on any atom is -0.233 e.